The molecule has 1 unspecified atom stereocenters. The molecule has 18 heavy (non-hydrogen) atoms. The van der Waals surface area contributed by atoms with Crippen LogP contribution in [0.4, 0.5) is 5.69 Å². The first-order valence-electron chi connectivity index (χ1n) is 6.13. The molecular weight excluding hydrogens is 226 g/mol. The van der Waals surface area contributed by atoms with Crippen molar-refractivity contribution in [3.05, 3.63) is 53.5 Å². The molecule has 3 rings (SSSR count). The standard InChI is InChI=1S/C15H15NO2/c1-10-7-14(18-9-10)15(17)16-11(2)8-12-5-3-4-6-13(12)16/h3-7,9,11H,8H2,1-2H3. The number of furan rings is 1. The molecule has 1 aliphatic heterocycles. The summed E-state index contributed by atoms with van der Waals surface area (Å²) in [4.78, 5) is 14.3. The third-order valence-corrected chi connectivity index (χ3v) is 3.37. The number of benzene rings is 1. The molecule has 0 spiro atoms. The lowest BCUT2D eigenvalue weighted by atomic mass is 10.1. The second-order valence-electron chi connectivity index (χ2n) is 4.85. The van der Waals surface area contributed by atoms with Gasteiger partial charge in [0.2, 0.25) is 0 Å². The molecule has 0 aliphatic carbocycles. The van der Waals surface area contributed by atoms with Crippen LogP contribution in [0, 0.1) is 6.92 Å². The minimum absolute atomic E-state index is 0.0550. The molecule has 0 saturated heterocycles. The van der Waals surface area contributed by atoms with Gasteiger partial charge in [-0.05, 0) is 43.5 Å². The van der Waals surface area contributed by atoms with E-state index in [2.05, 4.69) is 13.0 Å². The van der Waals surface area contributed by atoms with Crippen LogP contribution in [0.15, 0.2) is 41.0 Å². The van der Waals surface area contributed by atoms with Crippen molar-refractivity contribution in [2.75, 3.05) is 4.90 Å². The quantitative estimate of drug-likeness (QED) is 0.768. The second-order valence-corrected chi connectivity index (χ2v) is 4.85. The molecule has 1 aromatic heterocycles. The Morgan fingerprint density at radius 3 is 2.89 bits per heavy atom. The molecule has 0 bridgehead atoms. The number of hydrogen-bond donors (Lipinski definition) is 0. The van der Waals surface area contributed by atoms with Gasteiger partial charge in [0.1, 0.15) is 0 Å². The predicted octanol–water partition coefficient (Wildman–Crippen LogP) is 3.18. The normalized spacial score (nSPS) is 17.9. The first kappa shape index (κ1) is 11.1. The van der Waals surface area contributed by atoms with Gasteiger partial charge >= 0.3 is 0 Å². The number of anilines is 1. The summed E-state index contributed by atoms with van der Waals surface area (Å²) in [5.41, 5.74) is 3.20. The highest BCUT2D eigenvalue weighted by molar-refractivity contribution is 6.06. The van der Waals surface area contributed by atoms with Crippen LogP contribution < -0.4 is 4.90 Å². The smallest absolute Gasteiger partial charge is 0.294 e. The van der Waals surface area contributed by atoms with Crippen LogP contribution in [-0.4, -0.2) is 11.9 Å². The summed E-state index contributed by atoms with van der Waals surface area (Å²) in [6, 6.07) is 10.0. The lowest BCUT2D eigenvalue weighted by molar-refractivity contribution is 0.0954. The van der Waals surface area contributed by atoms with E-state index in [4.69, 9.17) is 4.42 Å². The molecule has 0 radical (unpaired) electrons. The van der Waals surface area contributed by atoms with E-state index in [0.717, 1.165) is 17.7 Å². The van der Waals surface area contributed by atoms with E-state index in [-0.39, 0.29) is 11.9 Å². The molecule has 1 amide bonds. The average molecular weight is 241 g/mol. The van der Waals surface area contributed by atoms with Crippen molar-refractivity contribution >= 4 is 11.6 Å². The summed E-state index contributed by atoms with van der Waals surface area (Å²) in [5, 5.41) is 0. The van der Waals surface area contributed by atoms with E-state index in [1.807, 2.05) is 30.0 Å². The third-order valence-electron chi connectivity index (χ3n) is 3.37. The van der Waals surface area contributed by atoms with Crippen molar-refractivity contribution in [1.29, 1.82) is 0 Å². The Morgan fingerprint density at radius 1 is 1.39 bits per heavy atom. The van der Waals surface area contributed by atoms with Gasteiger partial charge in [-0.3, -0.25) is 4.79 Å². The summed E-state index contributed by atoms with van der Waals surface area (Å²) >= 11 is 0. The molecule has 2 heterocycles. The first-order valence-corrected chi connectivity index (χ1v) is 6.13. The number of carbonyl (C=O) groups excluding carboxylic acids is 1. The molecule has 2 aromatic rings. The van der Waals surface area contributed by atoms with Crippen LogP contribution in [0.1, 0.15) is 28.6 Å². The Morgan fingerprint density at radius 2 is 2.17 bits per heavy atom. The molecule has 3 heteroatoms. The zero-order valence-electron chi connectivity index (χ0n) is 10.5. The van der Waals surface area contributed by atoms with Crippen molar-refractivity contribution in [1.82, 2.24) is 0 Å². The van der Waals surface area contributed by atoms with Crippen LogP contribution in [0.2, 0.25) is 0 Å². The molecular formula is C15H15NO2. The van der Waals surface area contributed by atoms with Crippen molar-refractivity contribution in [2.45, 2.75) is 26.3 Å². The van der Waals surface area contributed by atoms with Crippen LogP contribution in [0.25, 0.3) is 0 Å². The van der Waals surface area contributed by atoms with Crippen molar-refractivity contribution in [3.8, 4) is 0 Å². The van der Waals surface area contributed by atoms with Crippen molar-refractivity contribution < 1.29 is 9.21 Å². The monoisotopic (exact) mass is 241 g/mol. The largest absolute Gasteiger partial charge is 0.459 e. The Balaban J connectivity index is 2.00. The number of nitrogens with zero attached hydrogens (tertiary/aromatic N) is 1. The average Bonchev–Trinajstić information content (AvgIpc) is 2.91. The maximum Gasteiger partial charge on any atom is 0.294 e. The molecule has 1 aromatic carbocycles. The van der Waals surface area contributed by atoms with E-state index in [1.165, 1.54) is 5.56 Å². The van der Waals surface area contributed by atoms with Crippen LogP contribution in [0.3, 0.4) is 0 Å². The van der Waals surface area contributed by atoms with Gasteiger partial charge in [-0.25, -0.2) is 0 Å². The fourth-order valence-electron chi connectivity index (χ4n) is 2.54. The molecule has 1 atom stereocenters. The zero-order valence-corrected chi connectivity index (χ0v) is 10.5. The molecule has 92 valence electrons. The topological polar surface area (TPSA) is 33.5 Å². The Kier molecular flexibility index (Phi) is 2.47. The fourth-order valence-corrected chi connectivity index (χ4v) is 2.54. The third kappa shape index (κ3) is 1.63. The molecule has 1 aliphatic rings. The fraction of sp³-hybridized carbons (Fsp3) is 0.267. The number of aryl methyl sites for hydroxylation is 1. The summed E-state index contributed by atoms with van der Waals surface area (Å²) in [6.07, 6.45) is 2.52. The highest BCUT2D eigenvalue weighted by Gasteiger charge is 2.32. The van der Waals surface area contributed by atoms with E-state index >= 15 is 0 Å². The Labute approximate surface area is 106 Å². The highest BCUT2D eigenvalue weighted by Crippen LogP contribution is 2.33. The van der Waals surface area contributed by atoms with Gasteiger partial charge in [0, 0.05) is 11.7 Å². The number of carbonyl (C=O) groups is 1. The SMILES string of the molecule is Cc1coc(C(=O)N2c3ccccc3CC2C)c1. The summed E-state index contributed by atoms with van der Waals surface area (Å²) in [5.74, 6) is 0.358. The van der Waals surface area contributed by atoms with E-state index < -0.39 is 0 Å². The minimum atomic E-state index is -0.0550. The number of amides is 1. The summed E-state index contributed by atoms with van der Waals surface area (Å²) in [7, 11) is 0. The minimum Gasteiger partial charge on any atom is -0.459 e. The maximum absolute atomic E-state index is 12.5. The van der Waals surface area contributed by atoms with Crippen LogP contribution in [0.5, 0.6) is 0 Å². The van der Waals surface area contributed by atoms with Gasteiger partial charge in [0.05, 0.1) is 6.26 Å². The lowest BCUT2D eigenvalue weighted by Gasteiger charge is -2.21. The Bertz CT molecular complexity index is 600. The molecule has 0 N–H and O–H groups in total. The molecule has 0 fully saturated rings. The maximum atomic E-state index is 12.5. The van der Waals surface area contributed by atoms with Gasteiger partial charge < -0.3 is 9.32 Å². The number of rotatable bonds is 1. The number of hydrogen-bond acceptors (Lipinski definition) is 2. The van der Waals surface area contributed by atoms with Gasteiger partial charge in [0.15, 0.2) is 5.76 Å². The van der Waals surface area contributed by atoms with Crippen molar-refractivity contribution in [2.24, 2.45) is 0 Å². The predicted molar refractivity (Wildman–Crippen MR) is 69.9 cm³/mol. The number of para-hydroxylation sites is 1. The van der Waals surface area contributed by atoms with E-state index in [9.17, 15) is 4.79 Å². The van der Waals surface area contributed by atoms with E-state index in [1.54, 1.807) is 12.3 Å². The first-order chi connectivity index (χ1) is 8.66. The highest BCUT2D eigenvalue weighted by atomic mass is 16.3. The van der Waals surface area contributed by atoms with Crippen LogP contribution >= 0.6 is 0 Å². The van der Waals surface area contributed by atoms with Crippen LogP contribution in [-0.2, 0) is 6.42 Å². The van der Waals surface area contributed by atoms with Gasteiger partial charge in [-0.2, -0.15) is 0 Å². The summed E-state index contributed by atoms with van der Waals surface area (Å²) in [6.45, 7) is 3.98. The Hall–Kier alpha value is -2.03. The van der Waals surface area contributed by atoms with Crippen molar-refractivity contribution in [3.63, 3.8) is 0 Å². The number of fused-ring (bicyclic) bond motifs is 1. The lowest BCUT2D eigenvalue weighted by Crippen LogP contribution is -2.35. The summed E-state index contributed by atoms with van der Waals surface area (Å²) < 4.78 is 5.31. The molecule has 0 saturated carbocycles. The van der Waals surface area contributed by atoms with Gasteiger partial charge in [0.25, 0.3) is 5.91 Å². The van der Waals surface area contributed by atoms with E-state index in [0.29, 0.717) is 5.76 Å². The second kappa shape index (κ2) is 4.02. The van der Waals surface area contributed by atoms with Gasteiger partial charge in [-0.1, -0.05) is 18.2 Å². The van der Waals surface area contributed by atoms with Gasteiger partial charge in [-0.15, -0.1) is 0 Å². The molecule has 3 nitrogen and oxygen atoms in total. The zero-order chi connectivity index (χ0) is 12.7.